The summed E-state index contributed by atoms with van der Waals surface area (Å²) in [6, 6.07) is 0.243. The van der Waals surface area contributed by atoms with Crippen LogP contribution in [0.15, 0.2) is 0 Å². The van der Waals surface area contributed by atoms with Crippen LogP contribution >= 0.6 is 0 Å². The number of nitrogens with zero attached hydrogens (tertiary/aromatic N) is 1. The maximum Gasteiger partial charge on any atom is 0.251 e. The maximum atomic E-state index is 11.6. The zero-order valence-corrected chi connectivity index (χ0v) is 10.6. The van der Waals surface area contributed by atoms with Gasteiger partial charge in [0.15, 0.2) is 0 Å². The van der Waals surface area contributed by atoms with Crippen molar-refractivity contribution in [1.82, 2.24) is 10.3 Å². The summed E-state index contributed by atoms with van der Waals surface area (Å²) in [5.74, 6) is 5.65. The lowest BCUT2D eigenvalue weighted by atomic mass is 10.1. The zero-order valence-electron chi connectivity index (χ0n) is 10.6. The second-order valence-electron chi connectivity index (χ2n) is 4.62. The highest BCUT2D eigenvalue weighted by molar-refractivity contribution is 5.81. The highest BCUT2D eigenvalue weighted by Gasteiger charge is 2.26. The molecular weight excluding hydrogens is 190 g/mol. The van der Waals surface area contributed by atoms with Crippen molar-refractivity contribution in [1.29, 1.82) is 0 Å². The van der Waals surface area contributed by atoms with Gasteiger partial charge in [-0.3, -0.25) is 15.1 Å². The minimum Gasteiger partial charge on any atom is -0.293 e. The van der Waals surface area contributed by atoms with Crippen LogP contribution in [0.5, 0.6) is 0 Å². The van der Waals surface area contributed by atoms with Gasteiger partial charge in [-0.2, -0.15) is 0 Å². The van der Waals surface area contributed by atoms with Crippen LogP contribution < -0.4 is 11.3 Å². The van der Waals surface area contributed by atoms with Gasteiger partial charge in [0.2, 0.25) is 0 Å². The first-order valence-electron chi connectivity index (χ1n) is 5.70. The lowest BCUT2D eigenvalue weighted by molar-refractivity contribution is -0.127. The molecular formula is C11H25N3O. The van der Waals surface area contributed by atoms with Crippen molar-refractivity contribution in [2.24, 2.45) is 11.8 Å². The summed E-state index contributed by atoms with van der Waals surface area (Å²) in [5, 5.41) is 0. The molecule has 4 heteroatoms. The average Bonchev–Trinajstić information content (AvgIpc) is 2.16. The molecule has 1 unspecified atom stereocenters. The van der Waals surface area contributed by atoms with E-state index in [0.29, 0.717) is 12.0 Å². The molecule has 0 saturated carbocycles. The molecule has 0 spiro atoms. The molecule has 0 aromatic carbocycles. The third kappa shape index (κ3) is 4.62. The van der Waals surface area contributed by atoms with Crippen LogP contribution in [-0.4, -0.2) is 29.4 Å². The SMILES string of the molecule is CCC(C(=O)NN)N(CC(C)C)C(C)C. The van der Waals surface area contributed by atoms with Gasteiger partial charge >= 0.3 is 0 Å². The monoisotopic (exact) mass is 215 g/mol. The minimum atomic E-state index is -0.114. The van der Waals surface area contributed by atoms with Gasteiger partial charge in [0.05, 0.1) is 6.04 Å². The van der Waals surface area contributed by atoms with E-state index in [1.165, 1.54) is 0 Å². The van der Waals surface area contributed by atoms with Crippen molar-refractivity contribution in [3.05, 3.63) is 0 Å². The Bertz CT molecular complexity index is 192. The summed E-state index contributed by atoms with van der Waals surface area (Å²) < 4.78 is 0. The van der Waals surface area contributed by atoms with Gasteiger partial charge in [-0.25, -0.2) is 5.84 Å². The predicted molar refractivity (Wildman–Crippen MR) is 63.1 cm³/mol. The van der Waals surface area contributed by atoms with Gasteiger partial charge in [0.1, 0.15) is 0 Å². The Balaban J connectivity index is 4.62. The molecule has 0 aliphatic rings. The van der Waals surface area contributed by atoms with Crippen molar-refractivity contribution in [2.45, 2.75) is 53.1 Å². The van der Waals surface area contributed by atoms with Crippen LogP contribution in [0.1, 0.15) is 41.0 Å². The maximum absolute atomic E-state index is 11.6. The summed E-state index contributed by atoms with van der Waals surface area (Å²) in [7, 11) is 0. The topological polar surface area (TPSA) is 58.4 Å². The molecule has 0 radical (unpaired) electrons. The van der Waals surface area contributed by atoms with Crippen molar-refractivity contribution in [3.8, 4) is 0 Å². The van der Waals surface area contributed by atoms with E-state index < -0.39 is 0 Å². The molecule has 0 aliphatic heterocycles. The quantitative estimate of drug-likeness (QED) is 0.396. The number of carbonyl (C=O) groups is 1. The van der Waals surface area contributed by atoms with E-state index in [9.17, 15) is 4.79 Å². The van der Waals surface area contributed by atoms with Gasteiger partial charge in [-0.05, 0) is 26.2 Å². The zero-order chi connectivity index (χ0) is 12.0. The van der Waals surface area contributed by atoms with E-state index >= 15 is 0 Å². The molecule has 15 heavy (non-hydrogen) atoms. The Hall–Kier alpha value is -0.610. The Morgan fingerprint density at radius 3 is 2.13 bits per heavy atom. The molecule has 90 valence electrons. The average molecular weight is 215 g/mol. The van der Waals surface area contributed by atoms with Crippen molar-refractivity contribution in [3.63, 3.8) is 0 Å². The van der Waals surface area contributed by atoms with Crippen LogP contribution in [0.25, 0.3) is 0 Å². The predicted octanol–water partition coefficient (Wildman–Crippen LogP) is 1.12. The Morgan fingerprint density at radius 2 is 1.87 bits per heavy atom. The number of carbonyl (C=O) groups excluding carboxylic acids is 1. The van der Waals surface area contributed by atoms with Gasteiger partial charge in [0.25, 0.3) is 5.91 Å². The third-order valence-corrected chi connectivity index (χ3v) is 2.47. The van der Waals surface area contributed by atoms with Gasteiger partial charge in [-0.1, -0.05) is 20.8 Å². The summed E-state index contributed by atoms with van der Waals surface area (Å²) in [6.07, 6.45) is 0.786. The molecule has 0 aliphatic carbocycles. The molecule has 0 saturated heterocycles. The molecule has 1 atom stereocenters. The van der Waals surface area contributed by atoms with Crippen LogP contribution in [-0.2, 0) is 4.79 Å². The summed E-state index contributed by atoms with van der Waals surface area (Å²) in [4.78, 5) is 13.8. The second kappa shape index (κ2) is 6.80. The summed E-state index contributed by atoms with van der Waals surface area (Å²) in [5.41, 5.74) is 2.24. The molecule has 4 nitrogen and oxygen atoms in total. The standard InChI is InChI=1S/C11H25N3O/c1-6-10(11(15)13-12)14(9(4)5)7-8(2)3/h8-10H,6-7,12H2,1-5H3,(H,13,15). The number of nitrogens with two attached hydrogens (primary N) is 1. The van der Waals surface area contributed by atoms with E-state index in [0.717, 1.165) is 13.0 Å². The lowest BCUT2D eigenvalue weighted by Crippen LogP contribution is -2.52. The van der Waals surface area contributed by atoms with Crippen molar-refractivity contribution in [2.75, 3.05) is 6.54 Å². The summed E-state index contributed by atoms with van der Waals surface area (Å²) in [6.45, 7) is 11.5. The lowest BCUT2D eigenvalue weighted by Gasteiger charge is -2.34. The molecule has 0 bridgehead atoms. The van der Waals surface area contributed by atoms with E-state index in [4.69, 9.17) is 5.84 Å². The fraction of sp³-hybridized carbons (Fsp3) is 0.909. The van der Waals surface area contributed by atoms with Crippen LogP contribution in [0.3, 0.4) is 0 Å². The van der Waals surface area contributed by atoms with Crippen LogP contribution in [0.4, 0.5) is 0 Å². The van der Waals surface area contributed by atoms with Crippen molar-refractivity contribution >= 4 is 5.91 Å². The number of hydrogen-bond acceptors (Lipinski definition) is 3. The summed E-state index contributed by atoms with van der Waals surface area (Å²) >= 11 is 0. The van der Waals surface area contributed by atoms with Gasteiger partial charge in [0, 0.05) is 12.6 Å². The molecule has 0 aromatic rings. The number of amides is 1. The van der Waals surface area contributed by atoms with Crippen LogP contribution in [0, 0.1) is 5.92 Å². The molecule has 0 aromatic heterocycles. The first kappa shape index (κ1) is 14.4. The third-order valence-electron chi connectivity index (χ3n) is 2.47. The Morgan fingerprint density at radius 1 is 1.33 bits per heavy atom. The van der Waals surface area contributed by atoms with E-state index in [-0.39, 0.29) is 11.9 Å². The molecule has 0 rings (SSSR count). The fourth-order valence-corrected chi connectivity index (χ4v) is 1.79. The smallest absolute Gasteiger partial charge is 0.251 e. The van der Waals surface area contributed by atoms with E-state index in [1.54, 1.807) is 0 Å². The molecule has 1 amide bonds. The van der Waals surface area contributed by atoms with E-state index in [2.05, 4.69) is 38.0 Å². The first-order valence-corrected chi connectivity index (χ1v) is 5.70. The minimum absolute atomic E-state index is 0.0909. The fourth-order valence-electron chi connectivity index (χ4n) is 1.79. The largest absolute Gasteiger partial charge is 0.293 e. The Kier molecular flexibility index (Phi) is 6.52. The number of hydrazine groups is 1. The number of rotatable bonds is 6. The Labute approximate surface area is 93.2 Å². The second-order valence-corrected chi connectivity index (χ2v) is 4.62. The van der Waals surface area contributed by atoms with Crippen LogP contribution in [0.2, 0.25) is 0 Å². The van der Waals surface area contributed by atoms with Crippen molar-refractivity contribution < 1.29 is 4.79 Å². The highest BCUT2D eigenvalue weighted by Crippen LogP contribution is 2.12. The normalized spacial score (nSPS) is 13.7. The molecule has 3 N–H and O–H groups in total. The molecule has 0 heterocycles. The number of nitrogens with one attached hydrogen (secondary N) is 1. The number of hydrogen-bond donors (Lipinski definition) is 2. The highest BCUT2D eigenvalue weighted by atomic mass is 16.2. The molecule has 0 fully saturated rings. The van der Waals surface area contributed by atoms with E-state index in [1.807, 2.05) is 6.92 Å². The van der Waals surface area contributed by atoms with Gasteiger partial charge in [-0.15, -0.1) is 0 Å². The first-order chi connectivity index (χ1) is 6.93. The van der Waals surface area contributed by atoms with Gasteiger partial charge < -0.3 is 0 Å².